The molecule has 0 saturated heterocycles. The predicted octanol–water partition coefficient (Wildman–Crippen LogP) is 3.15. The van der Waals surface area contributed by atoms with Crippen molar-refractivity contribution in [2.75, 3.05) is 0 Å². The van der Waals surface area contributed by atoms with Crippen LogP contribution >= 0.6 is 11.6 Å². The highest BCUT2D eigenvalue weighted by Crippen LogP contribution is 2.26. The zero-order valence-corrected chi connectivity index (χ0v) is 9.37. The zero-order chi connectivity index (χ0) is 10.2. The van der Waals surface area contributed by atoms with E-state index >= 15 is 0 Å². The molecule has 0 saturated carbocycles. The molecule has 2 N–H and O–H groups in total. The van der Waals surface area contributed by atoms with Crippen LogP contribution in [-0.2, 0) is 5.54 Å². The molecule has 0 unspecified atom stereocenters. The van der Waals surface area contributed by atoms with Crippen molar-refractivity contribution in [2.24, 2.45) is 5.73 Å². The van der Waals surface area contributed by atoms with Crippen LogP contribution in [0.25, 0.3) is 0 Å². The van der Waals surface area contributed by atoms with Gasteiger partial charge in [0.2, 0.25) is 0 Å². The van der Waals surface area contributed by atoms with Gasteiger partial charge in [0.15, 0.2) is 0 Å². The molecule has 72 valence electrons. The standard InChI is InChI=1S/C11H16ClN/c1-7-6-10(12)8(2)5-9(7)11(3,4)13/h5-6H,13H2,1-4H3. The Morgan fingerprint density at radius 2 is 1.69 bits per heavy atom. The topological polar surface area (TPSA) is 26.0 Å². The number of nitrogens with two attached hydrogens (primary N) is 1. The smallest absolute Gasteiger partial charge is 0.0438 e. The van der Waals surface area contributed by atoms with Crippen molar-refractivity contribution in [1.82, 2.24) is 0 Å². The number of rotatable bonds is 1. The summed E-state index contributed by atoms with van der Waals surface area (Å²) >= 11 is 6.00. The maximum Gasteiger partial charge on any atom is 0.0438 e. The van der Waals surface area contributed by atoms with Crippen molar-refractivity contribution in [3.8, 4) is 0 Å². The average Bonchev–Trinajstić information content (AvgIpc) is 1.94. The Hall–Kier alpha value is -0.530. The van der Waals surface area contributed by atoms with E-state index < -0.39 is 0 Å². The molecule has 0 heterocycles. The van der Waals surface area contributed by atoms with Gasteiger partial charge in [0, 0.05) is 10.6 Å². The maximum absolute atomic E-state index is 6.03. The average molecular weight is 198 g/mol. The van der Waals surface area contributed by atoms with Gasteiger partial charge in [-0.3, -0.25) is 0 Å². The molecule has 1 aromatic carbocycles. The van der Waals surface area contributed by atoms with E-state index in [1.54, 1.807) is 0 Å². The Kier molecular flexibility index (Phi) is 2.69. The Morgan fingerprint density at radius 1 is 1.15 bits per heavy atom. The quantitative estimate of drug-likeness (QED) is 0.736. The number of halogens is 1. The van der Waals surface area contributed by atoms with Gasteiger partial charge in [-0.1, -0.05) is 17.7 Å². The molecule has 1 aromatic rings. The fourth-order valence-electron chi connectivity index (χ4n) is 1.48. The van der Waals surface area contributed by atoms with E-state index in [0.29, 0.717) is 0 Å². The maximum atomic E-state index is 6.03. The van der Waals surface area contributed by atoms with E-state index in [1.807, 2.05) is 33.8 Å². The second-order valence-electron chi connectivity index (χ2n) is 4.14. The summed E-state index contributed by atoms with van der Waals surface area (Å²) in [5, 5.41) is 0.811. The number of aryl methyl sites for hydroxylation is 2. The van der Waals surface area contributed by atoms with Crippen molar-refractivity contribution in [3.63, 3.8) is 0 Å². The summed E-state index contributed by atoms with van der Waals surface area (Å²) in [5.74, 6) is 0. The van der Waals surface area contributed by atoms with Crippen LogP contribution in [0.15, 0.2) is 12.1 Å². The molecular formula is C11H16ClN. The monoisotopic (exact) mass is 197 g/mol. The molecule has 0 bridgehead atoms. The molecule has 0 aliphatic heterocycles. The molecule has 1 nitrogen and oxygen atoms in total. The Labute approximate surface area is 84.9 Å². The van der Waals surface area contributed by atoms with Gasteiger partial charge in [0.05, 0.1) is 0 Å². The van der Waals surface area contributed by atoms with Gasteiger partial charge in [0.1, 0.15) is 0 Å². The van der Waals surface area contributed by atoms with Crippen LogP contribution in [0.4, 0.5) is 0 Å². The first-order valence-corrected chi connectivity index (χ1v) is 4.76. The Balaban J connectivity index is 3.32. The molecule has 13 heavy (non-hydrogen) atoms. The lowest BCUT2D eigenvalue weighted by Gasteiger charge is -2.22. The molecule has 0 aromatic heterocycles. The van der Waals surface area contributed by atoms with Gasteiger partial charge < -0.3 is 5.73 Å². The van der Waals surface area contributed by atoms with Gasteiger partial charge in [-0.2, -0.15) is 0 Å². The Bertz CT molecular complexity index is 324. The second kappa shape index (κ2) is 3.32. The van der Waals surface area contributed by atoms with Crippen molar-refractivity contribution in [2.45, 2.75) is 33.2 Å². The summed E-state index contributed by atoms with van der Waals surface area (Å²) < 4.78 is 0. The van der Waals surface area contributed by atoms with E-state index in [1.165, 1.54) is 0 Å². The van der Waals surface area contributed by atoms with Crippen molar-refractivity contribution in [1.29, 1.82) is 0 Å². The highest BCUT2D eigenvalue weighted by atomic mass is 35.5. The molecule has 1 rings (SSSR count). The number of benzene rings is 1. The molecule has 2 heteroatoms. The highest BCUT2D eigenvalue weighted by Gasteiger charge is 2.17. The third kappa shape index (κ3) is 2.23. The molecular weight excluding hydrogens is 182 g/mol. The molecule has 0 spiro atoms. The molecule has 0 aliphatic carbocycles. The molecule has 0 atom stereocenters. The molecule has 0 amide bonds. The van der Waals surface area contributed by atoms with E-state index in [2.05, 4.69) is 6.07 Å². The Morgan fingerprint density at radius 3 is 2.15 bits per heavy atom. The highest BCUT2D eigenvalue weighted by molar-refractivity contribution is 6.31. The summed E-state index contributed by atoms with van der Waals surface area (Å²) in [6, 6.07) is 4.04. The van der Waals surface area contributed by atoms with Crippen molar-refractivity contribution >= 4 is 11.6 Å². The van der Waals surface area contributed by atoms with E-state index in [0.717, 1.165) is 21.7 Å². The lowest BCUT2D eigenvalue weighted by atomic mass is 9.90. The lowest BCUT2D eigenvalue weighted by molar-refractivity contribution is 0.550. The largest absolute Gasteiger partial charge is 0.322 e. The third-order valence-corrected chi connectivity index (χ3v) is 2.61. The minimum atomic E-state index is -0.292. The van der Waals surface area contributed by atoms with Crippen LogP contribution in [-0.4, -0.2) is 0 Å². The normalized spacial score (nSPS) is 11.8. The van der Waals surface area contributed by atoms with Gasteiger partial charge in [-0.15, -0.1) is 0 Å². The molecule has 0 fully saturated rings. The van der Waals surface area contributed by atoms with Crippen LogP contribution in [0.5, 0.6) is 0 Å². The summed E-state index contributed by atoms with van der Waals surface area (Å²) in [7, 11) is 0. The van der Waals surface area contributed by atoms with Crippen LogP contribution in [0, 0.1) is 13.8 Å². The van der Waals surface area contributed by atoms with Crippen LogP contribution in [0.2, 0.25) is 5.02 Å². The first kappa shape index (κ1) is 10.6. The first-order valence-electron chi connectivity index (χ1n) is 4.38. The van der Waals surface area contributed by atoms with Crippen LogP contribution in [0.3, 0.4) is 0 Å². The fourth-order valence-corrected chi connectivity index (χ4v) is 1.69. The van der Waals surface area contributed by atoms with Crippen LogP contribution in [0.1, 0.15) is 30.5 Å². The molecule has 0 aliphatic rings. The van der Waals surface area contributed by atoms with Gasteiger partial charge >= 0.3 is 0 Å². The van der Waals surface area contributed by atoms with E-state index in [4.69, 9.17) is 17.3 Å². The third-order valence-electron chi connectivity index (χ3n) is 2.20. The lowest BCUT2D eigenvalue weighted by Crippen LogP contribution is -2.29. The van der Waals surface area contributed by atoms with Crippen LogP contribution < -0.4 is 5.73 Å². The van der Waals surface area contributed by atoms with Gasteiger partial charge in [-0.05, 0) is 50.5 Å². The van der Waals surface area contributed by atoms with Crippen molar-refractivity contribution in [3.05, 3.63) is 33.8 Å². The summed E-state index contributed by atoms with van der Waals surface area (Å²) in [5.41, 5.74) is 9.14. The minimum absolute atomic E-state index is 0.292. The number of hydrogen-bond donors (Lipinski definition) is 1. The minimum Gasteiger partial charge on any atom is -0.322 e. The number of hydrogen-bond acceptors (Lipinski definition) is 1. The predicted molar refractivity (Wildman–Crippen MR) is 58.1 cm³/mol. The summed E-state index contributed by atoms with van der Waals surface area (Å²) in [4.78, 5) is 0. The second-order valence-corrected chi connectivity index (χ2v) is 4.55. The zero-order valence-electron chi connectivity index (χ0n) is 8.61. The summed E-state index contributed by atoms with van der Waals surface area (Å²) in [6.07, 6.45) is 0. The van der Waals surface area contributed by atoms with E-state index in [9.17, 15) is 0 Å². The van der Waals surface area contributed by atoms with Gasteiger partial charge in [-0.25, -0.2) is 0 Å². The fraction of sp³-hybridized carbons (Fsp3) is 0.455. The van der Waals surface area contributed by atoms with E-state index in [-0.39, 0.29) is 5.54 Å². The SMILES string of the molecule is Cc1cc(C(C)(C)N)c(C)cc1Cl. The molecule has 0 radical (unpaired) electrons. The van der Waals surface area contributed by atoms with Crippen molar-refractivity contribution < 1.29 is 0 Å². The first-order chi connectivity index (χ1) is 5.82. The van der Waals surface area contributed by atoms with Gasteiger partial charge in [0.25, 0.3) is 0 Å². The summed E-state index contributed by atoms with van der Waals surface area (Å²) in [6.45, 7) is 8.04.